The molecule has 0 spiro atoms. The van der Waals surface area contributed by atoms with E-state index in [1.165, 1.54) is 28.6 Å². The van der Waals surface area contributed by atoms with E-state index < -0.39 is 21.9 Å². The SMILES string of the molecule is CCCC[C@@H]1C(=O)N(C)CCN1S(=O)(=O)Cc1ccc(F)cc1. The molecule has 0 aromatic heterocycles. The van der Waals surface area contributed by atoms with E-state index in [4.69, 9.17) is 0 Å². The highest BCUT2D eigenvalue weighted by Crippen LogP contribution is 2.22. The number of hydrogen-bond acceptors (Lipinski definition) is 3. The summed E-state index contributed by atoms with van der Waals surface area (Å²) in [5.74, 6) is -0.762. The molecule has 2 rings (SSSR count). The van der Waals surface area contributed by atoms with Crippen molar-refractivity contribution < 1.29 is 17.6 Å². The molecule has 0 N–H and O–H groups in total. The van der Waals surface area contributed by atoms with Gasteiger partial charge in [-0.3, -0.25) is 4.79 Å². The number of rotatable bonds is 6. The van der Waals surface area contributed by atoms with Gasteiger partial charge in [0.25, 0.3) is 0 Å². The molecule has 5 nitrogen and oxygen atoms in total. The fourth-order valence-electron chi connectivity index (χ4n) is 2.76. The van der Waals surface area contributed by atoms with Crippen molar-refractivity contribution >= 4 is 15.9 Å². The Labute approximate surface area is 137 Å². The Bertz CT molecular complexity index is 646. The first-order valence-corrected chi connectivity index (χ1v) is 9.45. The maximum atomic E-state index is 13.0. The van der Waals surface area contributed by atoms with E-state index in [-0.39, 0.29) is 11.7 Å². The lowest BCUT2D eigenvalue weighted by Gasteiger charge is -2.38. The van der Waals surface area contributed by atoms with Crippen LogP contribution < -0.4 is 0 Å². The molecule has 23 heavy (non-hydrogen) atoms. The Morgan fingerprint density at radius 3 is 2.48 bits per heavy atom. The van der Waals surface area contributed by atoms with Gasteiger partial charge in [0.15, 0.2) is 0 Å². The fourth-order valence-corrected chi connectivity index (χ4v) is 4.49. The molecular weight excluding hydrogens is 319 g/mol. The predicted octanol–water partition coefficient (Wildman–Crippen LogP) is 1.99. The molecule has 0 unspecified atom stereocenters. The Morgan fingerprint density at radius 2 is 1.87 bits per heavy atom. The topological polar surface area (TPSA) is 57.7 Å². The van der Waals surface area contributed by atoms with Gasteiger partial charge in [0.1, 0.15) is 11.9 Å². The number of piperazine rings is 1. The van der Waals surface area contributed by atoms with E-state index in [0.29, 0.717) is 25.1 Å². The lowest BCUT2D eigenvalue weighted by Crippen LogP contribution is -2.57. The van der Waals surface area contributed by atoms with Gasteiger partial charge in [-0.25, -0.2) is 12.8 Å². The first-order chi connectivity index (χ1) is 10.8. The van der Waals surface area contributed by atoms with Crippen LogP contribution in [-0.4, -0.2) is 49.7 Å². The minimum absolute atomic E-state index is 0.146. The second-order valence-corrected chi connectivity index (χ2v) is 7.83. The smallest absolute Gasteiger partial charge is 0.240 e. The third-order valence-electron chi connectivity index (χ3n) is 4.12. The summed E-state index contributed by atoms with van der Waals surface area (Å²) in [7, 11) is -1.92. The number of likely N-dealkylation sites (N-methyl/N-ethyl adjacent to an activating group) is 1. The van der Waals surface area contributed by atoms with Crippen LogP contribution in [0.1, 0.15) is 31.7 Å². The molecule has 0 bridgehead atoms. The lowest BCUT2D eigenvalue weighted by atomic mass is 10.1. The quantitative estimate of drug-likeness (QED) is 0.794. The standard InChI is InChI=1S/C16H23FN2O3S/c1-3-4-5-15-16(20)18(2)10-11-19(15)23(21,22)12-13-6-8-14(17)9-7-13/h6-9,15H,3-5,10-12H2,1-2H3/t15-/m1/s1. The van der Waals surface area contributed by atoms with E-state index >= 15 is 0 Å². The molecular formula is C16H23FN2O3S. The minimum atomic E-state index is -3.62. The molecule has 0 aliphatic carbocycles. The van der Waals surface area contributed by atoms with Crippen LogP contribution in [-0.2, 0) is 20.6 Å². The Balaban J connectivity index is 2.20. The molecule has 128 valence electrons. The van der Waals surface area contributed by atoms with Crippen LogP contribution in [0.2, 0.25) is 0 Å². The van der Waals surface area contributed by atoms with Crippen LogP contribution >= 0.6 is 0 Å². The molecule has 0 saturated carbocycles. The summed E-state index contributed by atoms with van der Waals surface area (Å²) in [6, 6.07) is 4.79. The second kappa shape index (κ2) is 7.40. The van der Waals surface area contributed by atoms with Gasteiger partial charge in [-0.2, -0.15) is 4.31 Å². The van der Waals surface area contributed by atoms with Crippen LogP contribution in [0, 0.1) is 5.82 Å². The minimum Gasteiger partial charge on any atom is -0.343 e. The zero-order chi connectivity index (χ0) is 17.0. The highest BCUT2D eigenvalue weighted by molar-refractivity contribution is 7.88. The van der Waals surface area contributed by atoms with Crippen molar-refractivity contribution in [3.63, 3.8) is 0 Å². The normalized spacial score (nSPS) is 20.0. The molecule has 0 radical (unpaired) electrons. The number of carbonyl (C=O) groups excluding carboxylic acids is 1. The van der Waals surface area contributed by atoms with Gasteiger partial charge < -0.3 is 4.90 Å². The average Bonchev–Trinajstić information content (AvgIpc) is 2.50. The zero-order valence-corrected chi connectivity index (χ0v) is 14.4. The summed E-state index contributed by atoms with van der Waals surface area (Å²) in [4.78, 5) is 13.9. The third-order valence-corrected chi connectivity index (χ3v) is 5.97. The van der Waals surface area contributed by atoms with Crippen molar-refractivity contribution in [3.05, 3.63) is 35.6 Å². The zero-order valence-electron chi connectivity index (χ0n) is 13.5. The summed E-state index contributed by atoms with van der Waals surface area (Å²) >= 11 is 0. The van der Waals surface area contributed by atoms with E-state index in [9.17, 15) is 17.6 Å². The largest absolute Gasteiger partial charge is 0.343 e. The number of hydrogen-bond donors (Lipinski definition) is 0. The summed E-state index contributed by atoms with van der Waals surface area (Å²) in [5.41, 5.74) is 0.520. The fraction of sp³-hybridized carbons (Fsp3) is 0.562. The Morgan fingerprint density at radius 1 is 1.22 bits per heavy atom. The van der Waals surface area contributed by atoms with E-state index in [2.05, 4.69) is 0 Å². The molecule has 1 fully saturated rings. The van der Waals surface area contributed by atoms with Crippen LogP contribution in [0.4, 0.5) is 4.39 Å². The van der Waals surface area contributed by atoms with Crippen molar-refractivity contribution in [1.29, 1.82) is 0 Å². The van der Waals surface area contributed by atoms with Gasteiger partial charge >= 0.3 is 0 Å². The average molecular weight is 342 g/mol. The van der Waals surface area contributed by atoms with Crippen molar-refractivity contribution in [3.8, 4) is 0 Å². The van der Waals surface area contributed by atoms with Crippen LogP contribution in [0.3, 0.4) is 0 Å². The van der Waals surface area contributed by atoms with Gasteiger partial charge in [-0.15, -0.1) is 0 Å². The maximum Gasteiger partial charge on any atom is 0.240 e. The molecule has 7 heteroatoms. The molecule has 1 amide bonds. The van der Waals surface area contributed by atoms with E-state index in [1.54, 1.807) is 11.9 Å². The number of amides is 1. The summed E-state index contributed by atoms with van der Waals surface area (Å²) < 4.78 is 39.7. The Kier molecular flexibility index (Phi) is 5.75. The molecule has 1 aliphatic rings. The molecule has 1 aromatic carbocycles. The van der Waals surface area contributed by atoms with Crippen molar-refractivity contribution in [1.82, 2.24) is 9.21 Å². The lowest BCUT2D eigenvalue weighted by molar-refractivity contribution is -0.137. The number of benzene rings is 1. The van der Waals surface area contributed by atoms with E-state index in [1.807, 2.05) is 6.92 Å². The van der Waals surface area contributed by atoms with Crippen LogP contribution in [0.25, 0.3) is 0 Å². The molecule has 1 saturated heterocycles. The van der Waals surface area contributed by atoms with Crippen molar-refractivity contribution in [2.75, 3.05) is 20.1 Å². The van der Waals surface area contributed by atoms with Gasteiger partial charge in [-0.05, 0) is 24.1 Å². The first-order valence-electron chi connectivity index (χ1n) is 7.84. The number of unbranched alkanes of at least 4 members (excludes halogenated alkanes) is 1. The number of carbonyl (C=O) groups is 1. The van der Waals surface area contributed by atoms with Gasteiger partial charge in [0.2, 0.25) is 15.9 Å². The molecule has 1 atom stereocenters. The van der Waals surface area contributed by atoms with Crippen molar-refractivity contribution in [2.45, 2.75) is 38.0 Å². The number of halogens is 1. The number of sulfonamides is 1. The van der Waals surface area contributed by atoms with E-state index in [0.717, 1.165) is 12.8 Å². The summed E-state index contributed by atoms with van der Waals surface area (Å²) in [5, 5.41) is 0. The molecule has 1 aromatic rings. The highest BCUT2D eigenvalue weighted by atomic mass is 32.2. The van der Waals surface area contributed by atoms with Crippen LogP contribution in [0.5, 0.6) is 0 Å². The van der Waals surface area contributed by atoms with Gasteiger partial charge in [0, 0.05) is 20.1 Å². The van der Waals surface area contributed by atoms with Gasteiger partial charge in [-0.1, -0.05) is 31.9 Å². The second-order valence-electron chi connectivity index (χ2n) is 5.91. The number of nitrogens with zero attached hydrogens (tertiary/aromatic N) is 2. The molecule has 1 aliphatic heterocycles. The molecule has 1 heterocycles. The highest BCUT2D eigenvalue weighted by Gasteiger charge is 2.39. The first kappa shape index (κ1) is 17.9. The predicted molar refractivity (Wildman–Crippen MR) is 86.7 cm³/mol. The maximum absolute atomic E-state index is 13.0. The third kappa shape index (κ3) is 4.29. The summed E-state index contributed by atoms with van der Waals surface area (Å²) in [6.45, 7) is 2.71. The Hall–Kier alpha value is -1.47. The van der Waals surface area contributed by atoms with Crippen LogP contribution in [0.15, 0.2) is 24.3 Å². The van der Waals surface area contributed by atoms with Crippen molar-refractivity contribution in [2.24, 2.45) is 0 Å². The monoisotopic (exact) mass is 342 g/mol. The van der Waals surface area contributed by atoms with Gasteiger partial charge in [0.05, 0.1) is 5.75 Å². The summed E-state index contributed by atoms with van der Waals surface area (Å²) in [6.07, 6.45) is 2.23.